The van der Waals surface area contributed by atoms with Gasteiger partial charge >= 0.3 is 12.1 Å². The number of carboxylic acid groups (broad SMARTS) is 1. The zero-order valence-corrected chi connectivity index (χ0v) is 18.4. The number of halogens is 1. The topological polar surface area (TPSA) is 105 Å². The van der Waals surface area contributed by atoms with Crippen molar-refractivity contribution < 1.29 is 24.2 Å². The number of carbonyl (C=O) groups is 3. The van der Waals surface area contributed by atoms with Gasteiger partial charge in [-0.05, 0) is 23.1 Å². The van der Waals surface area contributed by atoms with Crippen LogP contribution in [0.3, 0.4) is 0 Å². The van der Waals surface area contributed by atoms with E-state index >= 15 is 0 Å². The number of nitrogens with one attached hydrogen (secondary N) is 2. The summed E-state index contributed by atoms with van der Waals surface area (Å²) in [5.74, 6) is -2.01. The number of carbonyl (C=O) groups excluding carboxylic acids is 2. The maximum atomic E-state index is 12.7. The van der Waals surface area contributed by atoms with Crippen LogP contribution in [0.2, 0.25) is 0 Å². The predicted octanol–water partition coefficient (Wildman–Crippen LogP) is 3.51. The van der Waals surface area contributed by atoms with Crippen molar-refractivity contribution in [1.29, 1.82) is 0 Å². The Labute approximate surface area is 183 Å². The van der Waals surface area contributed by atoms with Gasteiger partial charge in [0.1, 0.15) is 18.7 Å². The lowest BCUT2D eigenvalue weighted by atomic mass is 10.0. The highest BCUT2D eigenvalue weighted by molar-refractivity contribution is 9.10. The third-order valence-electron chi connectivity index (χ3n) is 4.43. The van der Waals surface area contributed by atoms with E-state index in [1.165, 1.54) is 0 Å². The van der Waals surface area contributed by atoms with Crippen molar-refractivity contribution >= 4 is 33.9 Å². The molecule has 2 amide bonds. The van der Waals surface area contributed by atoms with Crippen molar-refractivity contribution in [3.63, 3.8) is 0 Å². The van der Waals surface area contributed by atoms with E-state index in [4.69, 9.17) is 4.74 Å². The molecule has 0 saturated heterocycles. The Hall–Kier alpha value is -2.87. The molecule has 0 bridgehead atoms. The van der Waals surface area contributed by atoms with Crippen molar-refractivity contribution in [3.8, 4) is 0 Å². The number of hydrogen-bond donors (Lipinski definition) is 3. The van der Waals surface area contributed by atoms with Crippen LogP contribution in [0.15, 0.2) is 59.1 Å². The number of hydrogen-bond acceptors (Lipinski definition) is 4. The maximum absolute atomic E-state index is 12.7. The molecule has 8 heteroatoms. The molecule has 0 heterocycles. The normalized spacial score (nSPS) is 12.7. The molecule has 0 fully saturated rings. The molecule has 0 aromatic heterocycles. The summed E-state index contributed by atoms with van der Waals surface area (Å²) in [5.41, 5.74) is 1.57. The van der Waals surface area contributed by atoms with E-state index in [-0.39, 0.29) is 18.9 Å². The van der Waals surface area contributed by atoms with Gasteiger partial charge in [-0.3, -0.25) is 4.79 Å². The summed E-state index contributed by atoms with van der Waals surface area (Å²) in [7, 11) is 0. The fourth-order valence-corrected chi connectivity index (χ4v) is 3.22. The molecule has 2 aromatic carbocycles. The van der Waals surface area contributed by atoms with Gasteiger partial charge in [0, 0.05) is 10.9 Å². The smallest absolute Gasteiger partial charge is 0.408 e. The summed E-state index contributed by atoms with van der Waals surface area (Å²) in [5, 5.41) is 14.6. The fraction of sp³-hybridized carbons (Fsp3) is 0.318. The summed E-state index contributed by atoms with van der Waals surface area (Å²) < 4.78 is 5.93. The summed E-state index contributed by atoms with van der Waals surface area (Å²) in [6.07, 6.45) is -0.642. The van der Waals surface area contributed by atoms with E-state index in [1.54, 1.807) is 32.0 Å². The summed E-state index contributed by atoms with van der Waals surface area (Å²) in [6.45, 7) is 3.58. The fourth-order valence-electron chi connectivity index (χ4n) is 2.77. The van der Waals surface area contributed by atoms with E-state index < -0.39 is 30.1 Å². The van der Waals surface area contributed by atoms with Crippen LogP contribution in [-0.2, 0) is 27.4 Å². The molecule has 7 nitrogen and oxygen atoms in total. The lowest BCUT2D eigenvalue weighted by Gasteiger charge is -2.24. The first-order valence-corrected chi connectivity index (χ1v) is 10.3. The van der Waals surface area contributed by atoms with Crippen LogP contribution >= 0.6 is 15.9 Å². The standard InChI is InChI=1S/C22H25BrN2O5/c1-14(2)19(25-22(29)30-13-15-8-4-3-5-9-15)20(26)24-18(21(27)28)12-16-10-6-7-11-17(16)23/h3-11,14,18-19H,12-13H2,1-2H3,(H,24,26)(H,25,29)(H,27,28)/t18-,19+/m0/s1. The summed E-state index contributed by atoms with van der Waals surface area (Å²) in [6, 6.07) is 14.3. The van der Waals surface area contributed by atoms with Crippen LogP contribution in [0, 0.1) is 5.92 Å². The molecule has 0 aliphatic heterocycles. The number of amides is 2. The first kappa shape index (κ1) is 23.4. The summed E-state index contributed by atoms with van der Waals surface area (Å²) >= 11 is 3.38. The first-order valence-electron chi connectivity index (χ1n) is 9.51. The van der Waals surface area contributed by atoms with Crippen LogP contribution < -0.4 is 10.6 Å². The highest BCUT2D eigenvalue weighted by atomic mass is 79.9. The minimum Gasteiger partial charge on any atom is -0.480 e. The molecule has 3 N–H and O–H groups in total. The molecular weight excluding hydrogens is 452 g/mol. The van der Waals surface area contributed by atoms with Gasteiger partial charge in [0.15, 0.2) is 0 Å². The van der Waals surface area contributed by atoms with E-state index in [0.717, 1.165) is 15.6 Å². The summed E-state index contributed by atoms with van der Waals surface area (Å²) in [4.78, 5) is 36.6. The number of aliphatic carboxylic acids is 1. The second-order valence-corrected chi connectivity index (χ2v) is 7.98. The average Bonchev–Trinajstić information content (AvgIpc) is 2.71. The third-order valence-corrected chi connectivity index (χ3v) is 5.21. The van der Waals surface area contributed by atoms with Gasteiger partial charge in [0.05, 0.1) is 0 Å². The van der Waals surface area contributed by atoms with Crippen molar-refractivity contribution in [1.82, 2.24) is 10.6 Å². The van der Waals surface area contributed by atoms with Gasteiger partial charge in [-0.1, -0.05) is 78.3 Å². The molecule has 2 atom stereocenters. The van der Waals surface area contributed by atoms with Crippen LogP contribution in [-0.4, -0.2) is 35.2 Å². The highest BCUT2D eigenvalue weighted by Crippen LogP contribution is 2.18. The molecule has 0 radical (unpaired) electrons. The van der Waals surface area contributed by atoms with E-state index in [9.17, 15) is 19.5 Å². The molecule has 0 spiro atoms. The molecule has 0 saturated carbocycles. The monoisotopic (exact) mass is 476 g/mol. The molecule has 2 aromatic rings. The van der Waals surface area contributed by atoms with E-state index in [1.807, 2.05) is 36.4 Å². The van der Waals surface area contributed by atoms with Gasteiger partial charge in [0.25, 0.3) is 0 Å². The molecule has 0 aliphatic carbocycles. The van der Waals surface area contributed by atoms with Crippen LogP contribution in [0.25, 0.3) is 0 Å². The number of carboxylic acids is 1. The van der Waals surface area contributed by atoms with Crippen LogP contribution in [0.5, 0.6) is 0 Å². The minimum absolute atomic E-state index is 0.0683. The van der Waals surface area contributed by atoms with Gasteiger partial charge in [0.2, 0.25) is 5.91 Å². The highest BCUT2D eigenvalue weighted by Gasteiger charge is 2.29. The second-order valence-electron chi connectivity index (χ2n) is 7.12. The Morgan fingerprint density at radius 2 is 1.63 bits per heavy atom. The Bertz CT molecular complexity index is 873. The zero-order chi connectivity index (χ0) is 22.1. The van der Waals surface area contributed by atoms with Crippen molar-refractivity contribution in [2.75, 3.05) is 0 Å². The number of benzene rings is 2. The molecule has 160 valence electrons. The van der Waals surface area contributed by atoms with E-state index in [2.05, 4.69) is 26.6 Å². The maximum Gasteiger partial charge on any atom is 0.408 e. The van der Waals surface area contributed by atoms with Gasteiger partial charge < -0.3 is 20.5 Å². The SMILES string of the molecule is CC(C)[C@@H](NC(=O)OCc1ccccc1)C(=O)N[C@@H](Cc1ccccc1Br)C(=O)O. The Kier molecular flexibility index (Phi) is 8.86. The predicted molar refractivity (Wildman–Crippen MR) is 116 cm³/mol. The van der Waals surface area contributed by atoms with Crippen molar-refractivity contribution in [3.05, 3.63) is 70.2 Å². The third kappa shape index (κ3) is 7.18. The van der Waals surface area contributed by atoms with Crippen LogP contribution in [0.4, 0.5) is 4.79 Å². The lowest BCUT2D eigenvalue weighted by molar-refractivity contribution is -0.142. The Morgan fingerprint density at radius 3 is 2.23 bits per heavy atom. The van der Waals surface area contributed by atoms with E-state index in [0.29, 0.717) is 0 Å². The number of ether oxygens (including phenoxy) is 1. The minimum atomic E-state index is -1.16. The zero-order valence-electron chi connectivity index (χ0n) is 16.8. The Morgan fingerprint density at radius 1 is 1.00 bits per heavy atom. The molecule has 2 rings (SSSR count). The number of alkyl carbamates (subject to hydrolysis) is 1. The first-order chi connectivity index (χ1) is 14.3. The molecule has 0 aliphatic rings. The van der Waals surface area contributed by atoms with Gasteiger partial charge in [-0.25, -0.2) is 9.59 Å². The number of rotatable bonds is 9. The molecule has 30 heavy (non-hydrogen) atoms. The van der Waals surface area contributed by atoms with Gasteiger partial charge in [-0.15, -0.1) is 0 Å². The lowest BCUT2D eigenvalue weighted by Crippen LogP contribution is -2.54. The van der Waals surface area contributed by atoms with Gasteiger partial charge in [-0.2, -0.15) is 0 Å². The quantitative estimate of drug-likeness (QED) is 0.513. The van der Waals surface area contributed by atoms with Crippen LogP contribution in [0.1, 0.15) is 25.0 Å². The van der Waals surface area contributed by atoms with Crippen molar-refractivity contribution in [2.24, 2.45) is 5.92 Å². The molecular formula is C22H25BrN2O5. The average molecular weight is 477 g/mol. The second kappa shape index (κ2) is 11.3. The Balaban J connectivity index is 1.99. The van der Waals surface area contributed by atoms with Crippen molar-refractivity contribution in [2.45, 2.75) is 39.0 Å². The molecule has 0 unspecified atom stereocenters. The largest absolute Gasteiger partial charge is 0.480 e.